The summed E-state index contributed by atoms with van der Waals surface area (Å²) in [4.78, 5) is 14.0. The highest BCUT2D eigenvalue weighted by Crippen LogP contribution is 2.35. The molecule has 6 heteroatoms. The first-order valence-corrected chi connectivity index (χ1v) is 9.62. The summed E-state index contributed by atoms with van der Waals surface area (Å²) in [6.45, 7) is 9.64. The molecule has 4 rings (SSSR count). The zero-order valence-electron chi connectivity index (χ0n) is 16.4. The number of fused-ring (bicyclic) bond motifs is 2. The van der Waals surface area contributed by atoms with Crippen molar-refractivity contribution < 1.29 is 0 Å². The van der Waals surface area contributed by atoms with E-state index in [2.05, 4.69) is 47.9 Å². The number of anilines is 1. The molecule has 144 valence electrons. The van der Waals surface area contributed by atoms with E-state index in [1.807, 2.05) is 18.2 Å². The van der Waals surface area contributed by atoms with Crippen molar-refractivity contribution in [3.05, 3.63) is 71.9 Å². The summed E-state index contributed by atoms with van der Waals surface area (Å²) in [5.41, 5.74) is 5.76. The second kappa shape index (κ2) is 7.11. The number of hydrogen-bond acceptors (Lipinski definition) is 5. The first-order chi connectivity index (χ1) is 13.4. The van der Waals surface area contributed by atoms with Crippen LogP contribution in [0.3, 0.4) is 0 Å². The standard InChI is InChI=1S/C22H26N6/c1-15(26-21-17-5-4-12-24-18(17)10-14-28(21)23)6-7-16-8-9-19-20(27-16)22(2,3)11-13-25-19/h4-5,8-10,12,14,25H,1,6-7,11,13,23H2,2-3H3. The van der Waals surface area contributed by atoms with Crippen LogP contribution in [0.15, 0.2) is 60.0 Å². The fraction of sp³-hybridized carbons (Fsp3) is 0.318. The van der Waals surface area contributed by atoms with E-state index in [0.29, 0.717) is 5.49 Å². The molecular weight excluding hydrogens is 348 g/mol. The lowest BCUT2D eigenvalue weighted by Crippen LogP contribution is -2.29. The third-order valence-corrected chi connectivity index (χ3v) is 5.31. The number of pyridine rings is 3. The van der Waals surface area contributed by atoms with Gasteiger partial charge in [0.2, 0.25) is 0 Å². The Labute approximate surface area is 164 Å². The molecule has 0 aliphatic carbocycles. The number of aromatic nitrogens is 3. The minimum atomic E-state index is 0.0963. The van der Waals surface area contributed by atoms with Crippen LogP contribution in [0, 0.1) is 0 Å². The molecule has 6 nitrogen and oxygen atoms in total. The molecule has 0 saturated heterocycles. The summed E-state index contributed by atoms with van der Waals surface area (Å²) in [5, 5.41) is 4.36. The molecule has 0 radical (unpaired) electrons. The van der Waals surface area contributed by atoms with Crippen molar-refractivity contribution in [1.82, 2.24) is 14.6 Å². The lowest BCUT2D eigenvalue weighted by Gasteiger charge is -2.32. The number of nitrogens with zero attached hydrogens (tertiary/aromatic N) is 4. The van der Waals surface area contributed by atoms with Crippen LogP contribution in [0.25, 0.3) is 10.9 Å². The van der Waals surface area contributed by atoms with E-state index >= 15 is 0 Å². The predicted octanol–water partition coefficient (Wildman–Crippen LogP) is 3.29. The van der Waals surface area contributed by atoms with Crippen LogP contribution in [-0.2, 0) is 11.8 Å². The van der Waals surface area contributed by atoms with Gasteiger partial charge in [-0.25, -0.2) is 4.99 Å². The minimum Gasteiger partial charge on any atom is -0.384 e. The molecule has 0 amide bonds. The average molecular weight is 374 g/mol. The molecule has 0 bridgehead atoms. The van der Waals surface area contributed by atoms with Crippen LogP contribution in [0.4, 0.5) is 5.69 Å². The maximum Gasteiger partial charge on any atom is 0.160 e. The zero-order chi connectivity index (χ0) is 19.7. The Kier molecular flexibility index (Phi) is 4.63. The van der Waals surface area contributed by atoms with Crippen molar-refractivity contribution in [2.24, 2.45) is 4.99 Å². The van der Waals surface area contributed by atoms with Gasteiger partial charge in [0.1, 0.15) is 0 Å². The van der Waals surface area contributed by atoms with Gasteiger partial charge in [0.15, 0.2) is 5.49 Å². The third-order valence-electron chi connectivity index (χ3n) is 5.31. The Morgan fingerprint density at radius 1 is 1.32 bits per heavy atom. The molecule has 4 heterocycles. The Balaban J connectivity index is 1.56. The summed E-state index contributed by atoms with van der Waals surface area (Å²) >= 11 is 0. The van der Waals surface area contributed by atoms with Gasteiger partial charge in [-0.15, -0.1) is 0 Å². The second-order valence-electron chi connectivity index (χ2n) is 7.92. The van der Waals surface area contributed by atoms with Crippen molar-refractivity contribution >= 4 is 16.6 Å². The third kappa shape index (κ3) is 3.50. The number of aryl methyl sites for hydroxylation is 1. The quantitative estimate of drug-likeness (QED) is 0.687. The largest absolute Gasteiger partial charge is 0.384 e. The van der Waals surface area contributed by atoms with E-state index in [1.54, 1.807) is 12.4 Å². The van der Waals surface area contributed by atoms with Gasteiger partial charge in [0.05, 0.1) is 16.9 Å². The number of nitrogens with one attached hydrogen (secondary N) is 1. The second-order valence-corrected chi connectivity index (χ2v) is 7.92. The Hall–Kier alpha value is -3.15. The van der Waals surface area contributed by atoms with Crippen LogP contribution < -0.4 is 16.6 Å². The topological polar surface area (TPSA) is 81.1 Å². The number of nitrogen functional groups attached to an aromatic ring is 1. The summed E-state index contributed by atoms with van der Waals surface area (Å²) < 4.78 is 1.51. The van der Waals surface area contributed by atoms with Crippen molar-refractivity contribution in [2.75, 3.05) is 17.7 Å². The van der Waals surface area contributed by atoms with E-state index in [-0.39, 0.29) is 5.41 Å². The van der Waals surface area contributed by atoms with Gasteiger partial charge in [0.25, 0.3) is 0 Å². The van der Waals surface area contributed by atoms with Gasteiger partial charge in [-0.05, 0) is 49.6 Å². The summed E-state index contributed by atoms with van der Waals surface area (Å²) in [5.74, 6) is 6.08. The molecule has 0 saturated carbocycles. The van der Waals surface area contributed by atoms with Crippen molar-refractivity contribution in [1.29, 1.82) is 0 Å². The van der Waals surface area contributed by atoms with Crippen molar-refractivity contribution in [3.63, 3.8) is 0 Å². The lowest BCUT2D eigenvalue weighted by molar-refractivity contribution is 0.465. The highest BCUT2D eigenvalue weighted by molar-refractivity contribution is 5.76. The molecular formula is C22H26N6. The molecule has 0 unspecified atom stereocenters. The van der Waals surface area contributed by atoms with Gasteiger partial charge < -0.3 is 11.2 Å². The summed E-state index contributed by atoms with van der Waals surface area (Å²) in [7, 11) is 0. The predicted molar refractivity (Wildman–Crippen MR) is 113 cm³/mol. The smallest absolute Gasteiger partial charge is 0.160 e. The SMILES string of the molecule is C=C(CCc1ccc2c(n1)C(C)(C)CCN2)N=c1c2cccnc2ccn1N. The Morgan fingerprint density at radius 2 is 2.18 bits per heavy atom. The number of nitrogens with two attached hydrogens (primary N) is 1. The minimum absolute atomic E-state index is 0.0963. The molecule has 0 spiro atoms. The fourth-order valence-electron chi connectivity index (χ4n) is 3.62. The van der Waals surface area contributed by atoms with Crippen molar-refractivity contribution in [3.8, 4) is 0 Å². The van der Waals surface area contributed by atoms with Gasteiger partial charge >= 0.3 is 0 Å². The summed E-state index contributed by atoms with van der Waals surface area (Å²) in [6, 6.07) is 9.97. The lowest BCUT2D eigenvalue weighted by atomic mass is 9.82. The molecule has 0 aromatic carbocycles. The fourth-order valence-corrected chi connectivity index (χ4v) is 3.62. The monoisotopic (exact) mass is 374 g/mol. The maximum absolute atomic E-state index is 6.08. The van der Waals surface area contributed by atoms with Crippen LogP contribution >= 0.6 is 0 Å². The number of allylic oxidation sites excluding steroid dienone is 1. The molecule has 28 heavy (non-hydrogen) atoms. The van der Waals surface area contributed by atoms with E-state index < -0.39 is 0 Å². The van der Waals surface area contributed by atoms with Crippen molar-refractivity contribution in [2.45, 2.75) is 38.5 Å². The number of rotatable bonds is 4. The molecule has 1 aliphatic heterocycles. The number of hydrogen-bond donors (Lipinski definition) is 2. The van der Waals surface area contributed by atoms with Gasteiger partial charge in [-0.1, -0.05) is 20.4 Å². The van der Waals surface area contributed by atoms with Gasteiger partial charge in [0, 0.05) is 41.1 Å². The molecule has 3 aromatic heterocycles. The molecule has 0 atom stereocenters. The highest BCUT2D eigenvalue weighted by Gasteiger charge is 2.28. The maximum atomic E-state index is 6.08. The zero-order valence-corrected chi connectivity index (χ0v) is 16.4. The first-order valence-electron chi connectivity index (χ1n) is 9.62. The Bertz CT molecular complexity index is 1110. The highest BCUT2D eigenvalue weighted by atomic mass is 15.3. The van der Waals surface area contributed by atoms with E-state index in [4.69, 9.17) is 10.8 Å². The van der Waals surface area contributed by atoms with E-state index in [9.17, 15) is 0 Å². The molecule has 3 N–H and O–H groups in total. The first kappa shape index (κ1) is 18.2. The van der Waals surface area contributed by atoms with Gasteiger partial charge in [-0.2, -0.15) is 0 Å². The molecule has 3 aromatic rings. The van der Waals surface area contributed by atoms with Crippen LogP contribution in [0.5, 0.6) is 0 Å². The van der Waals surface area contributed by atoms with E-state index in [0.717, 1.165) is 59.5 Å². The normalized spacial score (nSPS) is 15.9. The van der Waals surface area contributed by atoms with Crippen LogP contribution in [-0.4, -0.2) is 21.2 Å². The molecule has 0 fully saturated rings. The van der Waals surface area contributed by atoms with E-state index in [1.165, 1.54) is 4.68 Å². The van der Waals surface area contributed by atoms with Crippen LogP contribution in [0.2, 0.25) is 0 Å². The molecule has 1 aliphatic rings. The summed E-state index contributed by atoms with van der Waals surface area (Å²) in [6.07, 6.45) is 6.13. The van der Waals surface area contributed by atoms with Gasteiger partial charge in [-0.3, -0.25) is 14.6 Å². The van der Waals surface area contributed by atoms with Crippen LogP contribution in [0.1, 0.15) is 38.1 Å². The average Bonchev–Trinajstić information content (AvgIpc) is 2.69. The Morgan fingerprint density at radius 3 is 3.04 bits per heavy atom.